The molecule has 0 saturated carbocycles. The van der Waals surface area contributed by atoms with Crippen LogP contribution in [0.3, 0.4) is 0 Å². The van der Waals surface area contributed by atoms with Crippen molar-refractivity contribution in [2.24, 2.45) is 4.99 Å². The van der Waals surface area contributed by atoms with Crippen molar-refractivity contribution in [1.29, 1.82) is 0 Å². The number of nitrogens with one attached hydrogen (secondary N) is 2. The van der Waals surface area contributed by atoms with E-state index in [0.29, 0.717) is 0 Å². The minimum atomic E-state index is 0.728. The van der Waals surface area contributed by atoms with E-state index in [4.69, 9.17) is 4.74 Å². The SMILES string of the molecule is CN=C(NCc1ccc2cc(OC)ccc2c1)NCc1cccs1. The first-order valence-electron chi connectivity index (χ1n) is 7.82. The molecule has 0 fully saturated rings. The summed E-state index contributed by atoms with van der Waals surface area (Å²) < 4.78 is 5.27. The van der Waals surface area contributed by atoms with E-state index < -0.39 is 0 Å². The van der Waals surface area contributed by atoms with Crippen molar-refractivity contribution in [2.45, 2.75) is 13.1 Å². The Hall–Kier alpha value is -2.53. The number of nitrogens with zero attached hydrogens (tertiary/aromatic N) is 1. The highest BCUT2D eigenvalue weighted by Gasteiger charge is 2.02. The Kier molecular flexibility index (Phi) is 5.33. The van der Waals surface area contributed by atoms with Gasteiger partial charge in [0.2, 0.25) is 0 Å². The Morgan fingerprint density at radius 1 is 1.04 bits per heavy atom. The normalized spacial score (nSPS) is 11.5. The molecule has 0 bridgehead atoms. The molecule has 1 heterocycles. The van der Waals surface area contributed by atoms with Gasteiger partial charge in [0, 0.05) is 18.5 Å². The fourth-order valence-corrected chi connectivity index (χ4v) is 3.15. The molecule has 3 aromatic rings. The van der Waals surface area contributed by atoms with Gasteiger partial charge in [-0.05, 0) is 46.0 Å². The van der Waals surface area contributed by atoms with Gasteiger partial charge in [-0.15, -0.1) is 11.3 Å². The smallest absolute Gasteiger partial charge is 0.191 e. The second-order valence-corrected chi connectivity index (χ2v) is 6.44. The molecule has 0 atom stereocenters. The fourth-order valence-electron chi connectivity index (χ4n) is 2.50. The molecule has 0 radical (unpaired) electrons. The average molecular weight is 339 g/mol. The highest BCUT2D eigenvalue weighted by Crippen LogP contribution is 2.21. The van der Waals surface area contributed by atoms with Crippen molar-refractivity contribution in [2.75, 3.05) is 14.2 Å². The molecular formula is C19H21N3OS. The molecule has 3 rings (SSSR count). The molecule has 2 aromatic carbocycles. The number of ether oxygens (including phenoxy) is 1. The Bertz CT molecular complexity index is 828. The summed E-state index contributed by atoms with van der Waals surface area (Å²) in [6, 6.07) is 16.7. The third-order valence-corrected chi connectivity index (χ3v) is 4.68. The van der Waals surface area contributed by atoms with Crippen LogP contribution in [0.2, 0.25) is 0 Å². The highest BCUT2D eigenvalue weighted by molar-refractivity contribution is 7.09. The summed E-state index contributed by atoms with van der Waals surface area (Å²) in [6.45, 7) is 1.51. The van der Waals surface area contributed by atoms with Crippen molar-refractivity contribution in [3.05, 3.63) is 64.4 Å². The van der Waals surface area contributed by atoms with Crippen LogP contribution in [0.15, 0.2) is 58.9 Å². The Balaban J connectivity index is 1.61. The van der Waals surface area contributed by atoms with E-state index in [2.05, 4.69) is 57.4 Å². The first kappa shape index (κ1) is 16.3. The standard InChI is InChI=1S/C19H21N3OS/c1-20-19(22-13-18-4-3-9-24-18)21-12-14-5-6-16-11-17(23-2)8-7-15(16)10-14/h3-11H,12-13H2,1-2H3,(H2,20,21,22). The van der Waals surface area contributed by atoms with Gasteiger partial charge in [0.1, 0.15) is 5.75 Å². The molecule has 0 spiro atoms. The van der Waals surface area contributed by atoms with Crippen molar-refractivity contribution < 1.29 is 4.74 Å². The van der Waals surface area contributed by atoms with E-state index in [0.717, 1.165) is 24.8 Å². The van der Waals surface area contributed by atoms with Crippen LogP contribution in [0.4, 0.5) is 0 Å². The summed E-state index contributed by atoms with van der Waals surface area (Å²) in [6.07, 6.45) is 0. The average Bonchev–Trinajstić information content (AvgIpc) is 3.14. The van der Waals surface area contributed by atoms with Gasteiger partial charge >= 0.3 is 0 Å². The summed E-state index contributed by atoms with van der Waals surface area (Å²) in [5.41, 5.74) is 1.21. The number of methoxy groups -OCH3 is 1. The number of thiophene rings is 1. The number of aliphatic imine (C=N–C) groups is 1. The zero-order valence-electron chi connectivity index (χ0n) is 13.9. The van der Waals surface area contributed by atoms with E-state index in [1.807, 2.05) is 12.1 Å². The van der Waals surface area contributed by atoms with E-state index in [1.165, 1.54) is 21.2 Å². The molecule has 1 aromatic heterocycles. The molecule has 124 valence electrons. The van der Waals surface area contributed by atoms with Crippen LogP contribution in [0.5, 0.6) is 5.75 Å². The lowest BCUT2D eigenvalue weighted by atomic mass is 10.1. The summed E-state index contributed by atoms with van der Waals surface area (Å²) >= 11 is 1.74. The van der Waals surface area contributed by atoms with Gasteiger partial charge in [0.05, 0.1) is 13.7 Å². The first-order chi connectivity index (χ1) is 11.8. The topological polar surface area (TPSA) is 45.7 Å². The van der Waals surface area contributed by atoms with Gasteiger partial charge < -0.3 is 15.4 Å². The van der Waals surface area contributed by atoms with Gasteiger partial charge in [0.25, 0.3) is 0 Å². The summed E-state index contributed by atoms with van der Waals surface area (Å²) in [7, 11) is 3.48. The van der Waals surface area contributed by atoms with Crippen LogP contribution in [0, 0.1) is 0 Å². The lowest BCUT2D eigenvalue weighted by Gasteiger charge is -2.12. The fraction of sp³-hybridized carbons (Fsp3) is 0.211. The lowest BCUT2D eigenvalue weighted by Crippen LogP contribution is -2.36. The first-order valence-corrected chi connectivity index (χ1v) is 8.70. The van der Waals surface area contributed by atoms with Crippen molar-refractivity contribution in [3.63, 3.8) is 0 Å². The number of hydrogen-bond acceptors (Lipinski definition) is 3. The van der Waals surface area contributed by atoms with Gasteiger partial charge in [-0.1, -0.05) is 24.3 Å². The third-order valence-electron chi connectivity index (χ3n) is 3.81. The molecule has 5 heteroatoms. The number of fused-ring (bicyclic) bond motifs is 1. The number of benzene rings is 2. The van der Waals surface area contributed by atoms with Crippen LogP contribution >= 0.6 is 11.3 Å². The van der Waals surface area contributed by atoms with Crippen molar-refractivity contribution in [3.8, 4) is 5.75 Å². The molecule has 0 aliphatic heterocycles. The molecule has 0 amide bonds. The minimum Gasteiger partial charge on any atom is -0.497 e. The second kappa shape index (κ2) is 7.84. The predicted molar refractivity (Wildman–Crippen MR) is 102 cm³/mol. The van der Waals surface area contributed by atoms with Crippen molar-refractivity contribution >= 4 is 28.1 Å². The Morgan fingerprint density at radius 3 is 2.58 bits per heavy atom. The maximum Gasteiger partial charge on any atom is 0.191 e. The maximum atomic E-state index is 5.27. The quantitative estimate of drug-likeness (QED) is 0.549. The zero-order chi connectivity index (χ0) is 16.8. The number of guanidine groups is 1. The third kappa shape index (κ3) is 4.06. The second-order valence-electron chi connectivity index (χ2n) is 5.41. The highest BCUT2D eigenvalue weighted by atomic mass is 32.1. The van der Waals surface area contributed by atoms with Crippen LogP contribution in [0.1, 0.15) is 10.4 Å². The zero-order valence-corrected chi connectivity index (χ0v) is 14.7. The van der Waals surface area contributed by atoms with Crippen LogP contribution in [-0.4, -0.2) is 20.1 Å². The van der Waals surface area contributed by atoms with Gasteiger partial charge in [-0.2, -0.15) is 0 Å². The molecule has 0 aliphatic rings. The van der Waals surface area contributed by atoms with E-state index in [9.17, 15) is 0 Å². The van der Waals surface area contributed by atoms with Gasteiger partial charge in [-0.3, -0.25) is 4.99 Å². The predicted octanol–water partition coefficient (Wildman–Crippen LogP) is 3.78. The molecule has 24 heavy (non-hydrogen) atoms. The molecule has 0 unspecified atom stereocenters. The molecule has 0 aliphatic carbocycles. The van der Waals surface area contributed by atoms with Crippen LogP contribution in [-0.2, 0) is 13.1 Å². The van der Waals surface area contributed by atoms with Gasteiger partial charge in [0.15, 0.2) is 5.96 Å². The van der Waals surface area contributed by atoms with Crippen LogP contribution in [0.25, 0.3) is 10.8 Å². The van der Waals surface area contributed by atoms with E-state index >= 15 is 0 Å². The van der Waals surface area contributed by atoms with Gasteiger partial charge in [-0.25, -0.2) is 0 Å². The van der Waals surface area contributed by atoms with E-state index in [-0.39, 0.29) is 0 Å². The summed E-state index contributed by atoms with van der Waals surface area (Å²) in [4.78, 5) is 5.56. The molecule has 0 saturated heterocycles. The minimum absolute atomic E-state index is 0.728. The largest absolute Gasteiger partial charge is 0.497 e. The monoisotopic (exact) mass is 339 g/mol. The van der Waals surface area contributed by atoms with E-state index in [1.54, 1.807) is 25.5 Å². The lowest BCUT2D eigenvalue weighted by molar-refractivity contribution is 0.415. The van der Waals surface area contributed by atoms with Crippen LogP contribution < -0.4 is 15.4 Å². The van der Waals surface area contributed by atoms with Crippen molar-refractivity contribution in [1.82, 2.24) is 10.6 Å². The number of hydrogen-bond donors (Lipinski definition) is 2. The molecule has 4 nitrogen and oxygen atoms in total. The summed E-state index contributed by atoms with van der Waals surface area (Å²) in [5, 5.41) is 11.1. The maximum absolute atomic E-state index is 5.27. The Labute approximate surface area is 146 Å². The summed E-state index contributed by atoms with van der Waals surface area (Å²) in [5.74, 6) is 1.68. The Morgan fingerprint density at radius 2 is 1.83 bits per heavy atom. The molecular weight excluding hydrogens is 318 g/mol. The molecule has 2 N–H and O–H groups in total. The number of rotatable bonds is 5.